The van der Waals surface area contributed by atoms with Gasteiger partial charge < -0.3 is 28.5 Å². The molecule has 0 bridgehead atoms. The topological polar surface area (TPSA) is 121 Å². The van der Waals surface area contributed by atoms with Gasteiger partial charge in [0.2, 0.25) is 0 Å². The number of carbonyl (C=O) groups excluding carboxylic acids is 3. The zero-order chi connectivity index (χ0) is 29.8. The number of imide groups is 1. The minimum absolute atomic E-state index is 0.0758. The molecule has 0 aliphatic carbocycles. The van der Waals surface area contributed by atoms with Crippen LogP contribution in [0.5, 0.6) is 0 Å². The van der Waals surface area contributed by atoms with Gasteiger partial charge in [-0.3, -0.25) is 14.5 Å². The quantitative estimate of drug-likeness (QED) is 0.190. The molecule has 0 saturated carbocycles. The average Bonchev–Trinajstić information content (AvgIpc) is 3.07. The molecule has 0 aromatic heterocycles. The lowest BCUT2D eigenvalue weighted by Gasteiger charge is -2.49. The van der Waals surface area contributed by atoms with E-state index in [0.717, 1.165) is 10.5 Å². The van der Waals surface area contributed by atoms with Crippen molar-refractivity contribution in [3.05, 3.63) is 59.7 Å². The molecule has 2 aliphatic rings. The molecular weight excluding hydrogens is 534 g/mol. The van der Waals surface area contributed by atoms with Gasteiger partial charge in [-0.05, 0) is 37.5 Å². The van der Waals surface area contributed by atoms with Crippen LogP contribution in [0.4, 0.5) is 4.79 Å². The van der Waals surface area contributed by atoms with Gasteiger partial charge >= 0.3 is 6.16 Å². The third-order valence-electron chi connectivity index (χ3n) is 7.74. The highest BCUT2D eigenvalue weighted by atomic mass is 28.4. The van der Waals surface area contributed by atoms with E-state index in [1.807, 2.05) is 64.2 Å². The van der Waals surface area contributed by atoms with Crippen LogP contribution < -0.4 is 0 Å². The summed E-state index contributed by atoms with van der Waals surface area (Å²) in [4.78, 5) is 39.9. The fraction of sp³-hybridized carbons (Fsp3) is 0.552. The lowest BCUT2D eigenvalue weighted by atomic mass is 9.95. The Hall–Kier alpha value is -2.83. The van der Waals surface area contributed by atoms with Gasteiger partial charge in [-0.1, -0.05) is 63.8 Å². The third-order valence-corrected chi connectivity index (χ3v) is 12.2. The highest BCUT2D eigenvalue weighted by Gasteiger charge is 2.56. The maximum absolute atomic E-state index is 13.2. The van der Waals surface area contributed by atoms with Gasteiger partial charge in [0.05, 0.1) is 13.2 Å². The van der Waals surface area contributed by atoms with E-state index in [-0.39, 0.29) is 36.0 Å². The van der Waals surface area contributed by atoms with Crippen LogP contribution in [0.1, 0.15) is 40.2 Å². The van der Waals surface area contributed by atoms with E-state index < -0.39 is 56.9 Å². The molecule has 2 aliphatic heterocycles. The Morgan fingerprint density at radius 3 is 2.27 bits per heavy atom. The third kappa shape index (κ3) is 6.89. The Morgan fingerprint density at radius 2 is 1.73 bits per heavy atom. The molecule has 3 rings (SSSR count). The van der Waals surface area contributed by atoms with Crippen molar-refractivity contribution in [2.75, 3.05) is 13.2 Å². The summed E-state index contributed by atoms with van der Waals surface area (Å²) in [7, 11) is -2.56. The van der Waals surface area contributed by atoms with E-state index in [1.54, 1.807) is 13.8 Å². The molecule has 40 heavy (non-hydrogen) atoms. The lowest BCUT2D eigenvalue weighted by molar-refractivity contribution is -0.266. The van der Waals surface area contributed by atoms with Gasteiger partial charge in [0, 0.05) is 11.1 Å². The second-order valence-electron chi connectivity index (χ2n) is 11.6. The molecule has 1 N–H and O–H groups in total. The number of rotatable bonds is 10. The molecule has 0 unspecified atom stereocenters. The van der Waals surface area contributed by atoms with Crippen molar-refractivity contribution in [2.24, 2.45) is 0 Å². The first-order valence-corrected chi connectivity index (χ1v) is 16.2. The van der Waals surface area contributed by atoms with E-state index in [2.05, 4.69) is 6.58 Å². The standard InChI is InChI=1S/C29H41NO9Si/c1-9-15-36-28(34)38-24-21(17-35-16-20-13-11-10-12-14-20)37-27(39-40(7,8)29(4,5)6)22(23(24)31)30-25(32)18(2)19(3)26(30)33/h9-14,21-24,27,31H,1,15-17H2,2-8H3/t21-,22-,23-,24-,27+/m1/s1. The molecule has 2 amide bonds. The molecule has 0 spiro atoms. The van der Waals surface area contributed by atoms with Crippen LogP contribution in [0.15, 0.2) is 54.1 Å². The van der Waals surface area contributed by atoms with Gasteiger partial charge in [-0.15, -0.1) is 0 Å². The van der Waals surface area contributed by atoms with Crippen LogP contribution >= 0.6 is 0 Å². The SMILES string of the molecule is C=CCOC(=O)O[C@H]1[C@H](O)[C@@H](N2C(=O)C(C)=C(C)C2=O)[C@H](O[Si](C)(C)C(C)(C)C)O[C@@H]1COCc1ccccc1. The minimum atomic E-state index is -2.56. The summed E-state index contributed by atoms with van der Waals surface area (Å²) in [6.07, 6.45) is -4.77. The zero-order valence-electron chi connectivity index (χ0n) is 24.3. The van der Waals surface area contributed by atoms with E-state index >= 15 is 0 Å². The van der Waals surface area contributed by atoms with E-state index in [0.29, 0.717) is 0 Å². The molecule has 10 nitrogen and oxygen atoms in total. The van der Waals surface area contributed by atoms with Crippen LogP contribution in [0.3, 0.4) is 0 Å². The number of hydrogen-bond donors (Lipinski definition) is 1. The van der Waals surface area contributed by atoms with Crippen LogP contribution in [0.2, 0.25) is 18.1 Å². The maximum Gasteiger partial charge on any atom is 0.509 e. The minimum Gasteiger partial charge on any atom is -0.430 e. The van der Waals surface area contributed by atoms with Gasteiger partial charge in [0.25, 0.3) is 11.8 Å². The second kappa shape index (κ2) is 12.8. The molecule has 220 valence electrons. The van der Waals surface area contributed by atoms with Crippen molar-refractivity contribution in [1.29, 1.82) is 0 Å². The van der Waals surface area contributed by atoms with Gasteiger partial charge in [0.15, 0.2) is 20.7 Å². The van der Waals surface area contributed by atoms with Crippen molar-refractivity contribution < 1.29 is 42.9 Å². The number of carbonyl (C=O) groups is 3. The largest absolute Gasteiger partial charge is 0.509 e. The van der Waals surface area contributed by atoms with Gasteiger partial charge in [-0.2, -0.15) is 0 Å². The Kier molecular flexibility index (Phi) is 10.1. The molecule has 5 atom stereocenters. The molecule has 11 heteroatoms. The van der Waals surface area contributed by atoms with E-state index in [4.69, 9.17) is 23.4 Å². The zero-order valence-corrected chi connectivity index (χ0v) is 25.3. The molecule has 1 saturated heterocycles. The summed E-state index contributed by atoms with van der Waals surface area (Å²) in [6.45, 7) is 16.8. The molecule has 1 aromatic rings. The van der Waals surface area contributed by atoms with Crippen molar-refractivity contribution >= 4 is 26.3 Å². The summed E-state index contributed by atoms with van der Waals surface area (Å²) < 4.78 is 29.3. The van der Waals surface area contributed by atoms with Crippen molar-refractivity contribution in [3.63, 3.8) is 0 Å². The number of amides is 2. The predicted molar refractivity (Wildman–Crippen MR) is 149 cm³/mol. The van der Waals surface area contributed by atoms with E-state index in [1.165, 1.54) is 6.08 Å². The monoisotopic (exact) mass is 575 g/mol. The molecular formula is C29H41NO9Si. The lowest BCUT2D eigenvalue weighted by Crippen LogP contribution is -2.68. The van der Waals surface area contributed by atoms with Crippen LogP contribution in [-0.2, 0) is 39.6 Å². The first-order chi connectivity index (χ1) is 18.7. The Balaban J connectivity index is 1.97. The summed E-state index contributed by atoms with van der Waals surface area (Å²) in [6, 6.07) is 8.18. The number of aliphatic hydroxyl groups is 1. The number of nitrogens with zero attached hydrogens (tertiary/aromatic N) is 1. The second-order valence-corrected chi connectivity index (χ2v) is 16.3. The summed E-state index contributed by atoms with van der Waals surface area (Å²) in [5.74, 6) is -1.13. The van der Waals surface area contributed by atoms with Crippen molar-refractivity contribution in [3.8, 4) is 0 Å². The predicted octanol–water partition coefficient (Wildman–Crippen LogP) is 4.09. The summed E-state index contributed by atoms with van der Waals surface area (Å²) in [5.41, 5.74) is 1.44. The normalized spacial score (nSPS) is 25.8. The Morgan fingerprint density at radius 1 is 1.12 bits per heavy atom. The number of ether oxygens (including phenoxy) is 4. The number of aliphatic hydroxyl groups excluding tert-OH is 1. The van der Waals surface area contributed by atoms with Gasteiger partial charge in [0.1, 0.15) is 24.9 Å². The molecule has 0 radical (unpaired) electrons. The maximum atomic E-state index is 13.2. The number of hydrogen-bond acceptors (Lipinski definition) is 9. The van der Waals surface area contributed by atoms with Crippen LogP contribution in [0.25, 0.3) is 0 Å². The first kappa shape index (κ1) is 31.7. The fourth-order valence-corrected chi connectivity index (χ4v) is 5.34. The summed E-state index contributed by atoms with van der Waals surface area (Å²) >= 11 is 0. The highest BCUT2D eigenvalue weighted by molar-refractivity contribution is 6.74. The first-order valence-electron chi connectivity index (χ1n) is 13.3. The van der Waals surface area contributed by atoms with Crippen LogP contribution in [0, 0.1) is 0 Å². The van der Waals surface area contributed by atoms with Crippen LogP contribution in [-0.4, -0.2) is 80.2 Å². The molecule has 1 fully saturated rings. The van der Waals surface area contributed by atoms with Crippen molar-refractivity contribution in [1.82, 2.24) is 4.90 Å². The number of benzene rings is 1. The Bertz CT molecular complexity index is 1100. The van der Waals surface area contributed by atoms with E-state index in [9.17, 15) is 19.5 Å². The fourth-order valence-electron chi connectivity index (χ4n) is 4.21. The average molecular weight is 576 g/mol. The molecule has 1 aromatic carbocycles. The smallest absolute Gasteiger partial charge is 0.430 e. The highest BCUT2D eigenvalue weighted by Crippen LogP contribution is 2.41. The summed E-state index contributed by atoms with van der Waals surface area (Å²) in [5, 5.41) is 11.5. The van der Waals surface area contributed by atoms with Gasteiger partial charge in [-0.25, -0.2) is 4.79 Å². The Labute approximate surface area is 237 Å². The van der Waals surface area contributed by atoms with Crippen molar-refractivity contribution in [2.45, 2.75) is 90.0 Å². The molecule has 2 heterocycles.